The summed E-state index contributed by atoms with van der Waals surface area (Å²) in [4.78, 5) is 54.8. The molecule has 1 fully saturated rings. The minimum absolute atomic E-state index is 0.249. The highest BCUT2D eigenvalue weighted by atomic mass is 31.2. The van der Waals surface area contributed by atoms with E-state index in [2.05, 4.69) is 13.6 Å². The maximum atomic E-state index is 11.4. The van der Waals surface area contributed by atoms with Crippen molar-refractivity contribution in [1.82, 2.24) is 0 Å². The van der Waals surface area contributed by atoms with Crippen LogP contribution in [0.2, 0.25) is 0 Å². The van der Waals surface area contributed by atoms with Crippen molar-refractivity contribution in [1.29, 1.82) is 0 Å². The van der Waals surface area contributed by atoms with Crippen LogP contribution in [0.15, 0.2) is 0 Å². The first-order chi connectivity index (χ1) is 13.3. The quantitative estimate of drug-likeness (QED) is 0.178. The third-order valence-corrected chi connectivity index (χ3v) is 5.00. The second-order valence-electron chi connectivity index (χ2n) is 6.14. The summed E-state index contributed by atoms with van der Waals surface area (Å²) in [6.07, 6.45) is -7.78. The van der Waals surface area contributed by atoms with Gasteiger partial charge in [-0.25, -0.2) is 13.7 Å². The SMILES string of the molecule is [2H]C(CCC)OC[C@H]1OC(C)(O)[C@H](OP(=O)(O)O)[C@@H](OP(=O)(O)O)[C@@H]1OP(=O)(O)O. The second-order valence-corrected chi connectivity index (χ2v) is 9.71. The zero-order chi connectivity index (χ0) is 23.5. The summed E-state index contributed by atoms with van der Waals surface area (Å²) in [6, 6.07) is 0. The monoisotopic (exact) mass is 491 g/mol. The third-order valence-electron chi connectivity index (χ3n) is 3.46. The highest BCUT2D eigenvalue weighted by molar-refractivity contribution is 7.47. The largest absolute Gasteiger partial charge is 0.470 e. The van der Waals surface area contributed by atoms with Gasteiger partial charge in [-0.15, -0.1) is 0 Å². The van der Waals surface area contributed by atoms with Crippen LogP contribution in [0.4, 0.5) is 0 Å². The third kappa shape index (κ3) is 9.92. The van der Waals surface area contributed by atoms with Crippen molar-refractivity contribution in [3.63, 3.8) is 0 Å². The van der Waals surface area contributed by atoms with Crippen LogP contribution >= 0.6 is 23.5 Å². The van der Waals surface area contributed by atoms with Gasteiger partial charge in [-0.05, 0) is 13.3 Å². The molecule has 0 aromatic rings. The number of rotatable bonds is 11. The first kappa shape index (κ1) is 25.5. The molecular weight excluding hydrogens is 465 g/mol. The van der Waals surface area contributed by atoms with E-state index >= 15 is 0 Å². The smallest absolute Gasteiger partial charge is 0.379 e. The lowest BCUT2D eigenvalue weighted by Gasteiger charge is -2.48. The molecule has 1 aliphatic rings. The second kappa shape index (κ2) is 10.2. The molecule has 18 heteroatoms. The minimum Gasteiger partial charge on any atom is -0.379 e. The number of ether oxygens (including phenoxy) is 2. The molecule has 7 N–H and O–H groups in total. The van der Waals surface area contributed by atoms with Gasteiger partial charge in [0.25, 0.3) is 0 Å². The molecule has 0 spiro atoms. The van der Waals surface area contributed by atoms with Gasteiger partial charge in [0, 0.05) is 6.58 Å². The number of phosphoric acid groups is 3. The number of phosphoric ester groups is 3. The molecule has 0 radical (unpaired) electrons. The van der Waals surface area contributed by atoms with Gasteiger partial charge in [-0.2, -0.15) is 0 Å². The Morgan fingerprint density at radius 3 is 1.90 bits per heavy atom. The Kier molecular flexibility index (Phi) is 8.97. The summed E-state index contributed by atoms with van der Waals surface area (Å²) in [5.74, 6) is -2.70. The minimum atomic E-state index is -5.48. The van der Waals surface area contributed by atoms with Crippen molar-refractivity contribution in [2.45, 2.75) is 56.9 Å². The fraction of sp³-hybridized carbons (Fsp3) is 1.00. The Hall–Kier alpha value is 0.210. The van der Waals surface area contributed by atoms with Crippen molar-refractivity contribution < 1.29 is 72.6 Å². The molecule has 0 aromatic heterocycles. The molecule has 0 aromatic carbocycles. The normalized spacial score (nSPS) is 33.3. The van der Waals surface area contributed by atoms with Crippen molar-refractivity contribution in [2.75, 3.05) is 13.2 Å². The first-order valence-corrected chi connectivity index (χ1v) is 12.6. The van der Waals surface area contributed by atoms with E-state index in [0.717, 1.165) is 6.92 Å². The number of hydrogen-bond acceptors (Lipinski definition) is 9. The molecule has 0 amide bonds. The molecule has 0 aliphatic carbocycles. The highest BCUT2D eigenvalue weighted by Gasteiger charge is 2.58. The summed E-state index contributed by atoms with van der Waals surface area (Å²) >= 11 is 0. The molecule has 2 unspecified atom stereocenters. The molecule has 1 heterocycles. The zero-order valence-electron chi connectivity index (χ0n) is 16.2. The van der Waals surface area contributed by atoms with Gasteiger partial charge in [0.1, 0.15) is 18.3 Å². The molecule has 174 valence electrons. The van der Waals surface area contributed by atoms with Crippen molar-refractivity contribution in [3.8, 4) is 0 Å². The predicted molar refractivity (Wildman–Crippen MR) is 92.0 cm³/mol. The van der Waals surface area contributed by atoms with Gasteiger partial charge in [0.15, 0.2) is 11.9 Å². The van der Waals surface area contributed by atoms with E-state index in [-0.39, 0.29) is 6.42 Å². The Bertz CT molecular complexity index is 700. The van der Waals surface area contributed by atoms with Gasteiger partial charge < -0.3 is 43.9 Å². The fourth-order valence-corrected chi connectivity index (χ4v) is 4.22. The number of hydrogen-bond donors (Lipinski definition) is 7. The van der Waals surface area contributed by atoms with Crippen molar-refractivity contribution in [3.05, 3.63) is 0 Å². The van der Waals surface area contributed by atoms with Gasteiger partial charge in [0.2, 0.25) is 0 Å². The van der Waals surface area contributed by atoms with Crippen LogP contribution in [-0.4, -0.2) is 77.9 Å². The Morgan fingerprint density at radius 2 is 1.45 bits per heavy atom. The topological polar surface area (TPSA) is 239 Å². The van der Waals surface area contributed by atoms with E-state index in [1.54, 1.807) is 6.92 Å². The standard InChI is InChI=1S/C11H25O15P3/c1-3-4-5-22-6-7-8(24-27(13,14)15)9(25-28(16,17)18)10(11(2,12)23-7)26-29(19,20)21/h7-10,12H,3-6H2,1-2H3,(H2,13,14,15)(H2,16,17,18)(H2,19,20,21)/t7-,8-,9+,10-,11?/m1/s1/i5D/t5?,7-,8-,9+,10-,11?. The van der Waals surface area contributed by atoms with Crippen molar-refractivity contribution in [2.24, 2.45) is 0 Å². The van der Waals surface area contributed by atoms with E-state index in [4.69, 9.17) is 40.2 Å². The van der Waals surface area contributed by atoms with Crippen molar-refractivity contribution >= 4 is 23.5 Å². The Balaban J connectivity index is 3.37. The van der Waals surface area contributed by atoms with Crippen LogP contribution in [0, 0.1) is 0 Å². The Morgan fingerprint density at radius 1 is 0.966 bits per heavy atom. The van der Waals surface area contributed by atoms with Crippen LogP contribution in [0.25, 0.3) is 0 Å². The van der Waals surface area contributed by atoms with Gasteiger partial charge in [-0.1, -0.05) is 13.3 Å². The van der Waals surface area contributed by atoms with E-state index < -0.39 is 66.9 Å². The zero-order valence-corrected chi connectivity index (χ0v) is 17.9. The molecular formula is C11H25O15P3. The van der Waals surface area contributed by atoms with Crippen LogP contribution in [-0.2, 0) is 36.7 Å². The number of aliphatic hydroxyl groups is 1. The summed E-state index contributed by atoms with van der Waals surface area (Å²) in [5, 5.41) is 10.4. The molecule has 1 rings (SSSR count). The molecule has 1 aliphatic heterocycles. The first-order valence-electron chi connectivity index (χ1n) is 8.58. The maximum absolute atomic E-state index is 11.4. The average molecular weight is 491 g/mol. The summed E-state index contributed by atoms with van der Waals surface area (Å²) in [7, 11) is -16.3. The molecule has 6 atom stereocenters. The van der Waals surface area contributed by atoms with E-state index in [1.807, 2.05) is 0 Å². The van der Waals surface area contributed by atoms with Gasteiger partial charge in [-0.3, -0.25) is 13.6 Å². The lowest BCUT2D eigenvalue weighted by atomic mass is 9.93. The van der Waals surface area contributed by atoms with Gasteiger partial charge >= 0.3 is 23.5 Å². The van der Waals surface area contributed by atoms with Crippen LogP contribution in [0.5, 0.6) is 0 Å². The fourth-order valence-electron chi connectivity index (χ4n) is 2.49. The maximum Gasteiger partial charge on any atom is 0.470 e. The molecule has 1 saturated heterocycles. The molecule has 15 nitrogen and oxygen atoms in total. The lowest BCUT2D eigenvalue weighted by molar-refractivity contribution is -0.334. The lowest BCUT2D eigenvalue weighted by Crippen LogP contribution is -2.65. The molecule has 0 bridgehead atoms. The van der Waals surface area contributed by atoms with Gasteiger partial charge in [0.05, 0.1) is 7.98 Å². The van der Waals surface area contributed by atoms with E-state index in [9.17, 15) is 18.8 Å². The molecule has 29 heavy (non-hydrogen) atoms. The van der Waals surface area contributed by atoms with E-state index in [1.165, 1.54) is 0 Å². The summed E-state index contributed by atoms with van der Waals surface area (Å²) in [6.45, 7) is 0.761. The van der Waals surface area contributed by atoms with E-state index in [0.29, 0.717) is 6.42 Å². The van der Waals surface area contributed by atoms with Crippen LogP contribution < -0.4 is 0 Å². The summed E-state index contributed by atoms with van der Waals surface area (Å²) < 4.78 is 65.2. The average Bonchev–Trinajstić information content (AvgIpc) is 2.49. The highest BCUT2D eigenvalue weighted by Crippen LogP contribution is 2.51. The predicted octanol–water partition coefficient (Wildman–Crippen LogP) is -0.656. The van der Waals surface area contributed by atoms with Crippen LogP contribution in [0.1, 0.15) is 28.1 Å². The molecule has 0 saturated carbocycles. The van der Waals surface area contributed by atoms with Crippen LogP contribution in [0.3, 0.4) is 0 Å². The summed E-state index contributed by atoms with van der Waals surface area (Å²) in [5.41, 5.74) is 0. The Labute approximate surface area is 167 Å².